The second-order valence-corrected chi connectivity index (χ2v) is 5.88. The van der Waals surface area contributed by atoms with Crippen LogP contribution in [0.4, 0.5) is 11.4 Å². The maximum atomic E-state index is 12.6. The van der Waals surface area contributed by atoms with Crippen LogP contribution in [0.1, 0.15) is 30.3 Å². The van der Waals surface area contributed by atoms with E-state index in [9.17, 15) is 14.4 Å². The van der Waals surface area contributed by atoms with Gasteiger partial charge in [0.2, 0.25) is 11.8 Å². The third kappa shape index (κ3) is 3.88. The van der Waals surface area contributed by atoms with Crippen LogP contribution in [0.3, 0.4) is 0 Å². The summed E-state index contributed by atoms with van der Waals surface area (Å²) in [6.07, 6.45) is 2.82. The third-order valence-corrected chi connectivity index (χ3v) is 4.02. The largest absolute Gasteiger partial charge is 0.459 e. The van der Waals surface area contributed by atoms with Crippen LogP contribution in [0.25, 0.3) is 0 Å². The van der Waals surface area contributed by atoms with Crippen LogP contribution in [0.5, 0.6) is 0 Å². The lowest BCUT2D eigenvalue weighted by Gasteiger charge is -2.23. The molecule has 1 aliphatic heterocycles. The number of benzene rings is 1. The average Bonchev–Trinajstić information content (AvgIpc) is 3.27. The fourth-order valence-corrected chi connectivity index (χ4v) is 2.89. The van der Waals surface area contributed by atoms with E-state index in [1.807, 2.05) is 0 Å². The van der Waals surface area contributed by atoms with Gasteiger partial charge in [0.15, 0.2) is 5.76 Å². The zero-order valence-corrected chi connectivity index (χ0v) is 13.8. The number of anilines is 2. The summed E-state index contributed by atoms with van der Waals surface area (Å²) in [6, 6.07) is 9.54. The van der Waals surface area contributed by atoms with Gasteiger partial charge in [-0.3, -0.25) is 14.4 Å². The molecule has 2 N–H and O–H groups in total. The van der Waals surface area contributed by atoms with Crippen molar-refractivity contribution < 1.29 is 18.8 Å². The van der Waals surface area contributed by atoms with E-state index in [0.717, 1.165) is 6.42 Å². The Kier molecular flexibility index (Phi) is 4.83. The Balaban J connectivity index is 1.65. The third-order valence-electron chi connectivity index (χ3n) is 4.02. The molecule has 2 heterocycles. The normalized spacial score (nSPS) is 16.5. The second kappa shape index (κ2) is 7.21. The first-order chi connectivity index (χ1) is 12.0. The van der Waals surface area contributed by atoms with Crippen molar-refractivity contribution in [3.63, 3.8) is 0 Å². The summed E-state index contributed by atoms with van der Waals surface area (Å²) < 4.78 is 5.14. The summed E-state index contributed by atoms with van der Waals surface area (Å²) in [5, 5.41) is 5.48. The quantitative estimate of drug-likeness (QED) is 0.894. The molecule has 0 bridgehead atoms. The number of amides is 3. The van der Waals surface area contributed by atoms with Crippen LogP contribution in [0.15, 0.2) is 47.1 Å². The van der Waals surface area contributed by atoms with E-state index in [0.29, 0.717) is 24.3 Å². The summed E-state index contributed by atoms with van der Waals surface area (Å²) in [5.74, 6) is -0.428. The highest BCUT2D eigenvalue weighted by atomic mass is 16.3. The molecule has 0 radical (unpaired) electrons. The molecular formula is C18H19N3O4. The minimum atomic E-state index is -0.521. The van der Waals surface area contributed by atoms with Gasteiger partial charge >= 0.3 is 0 Å². The molecule has 1 fully saturated rings. The van der Waals surface area contributed by atoms with Crippen LogP contribution < -0.4 is 10.6 Å². The summed E-state index contributed by atoms with van der Waals surface area (Å²) in [6.45, 7) is 1.96. The Labute approximate surface area is 145 Å². The molecule has 0 spiro atoms. The Bertz CT molecular complexity index is 768. The first-order valence-electron chi connectivity index (χ1n) is 8.07. The standard InChI is InChI=1S/C18H19N3O4/c1-12(22)19-13-6-8-14(9-7-13)20-17(23)15-4-2-10-21(15)18(24)16-5-3-11-25-16/h3,5-9,11,15H,2,4,10H2,1H3,(H,19,22)(H,20,23)/t15-/m1/s1. The highest BCUT2D eigenvalue weighted by molar-refractivity contribution is 6.00. The predicted molar refractivity (Wildman–Crippen MR) is 92.1 cm³/mol. The van der Waals surface area contributed by atoms with Gasteiger partial charge in [0.1, 0.15) is 6.04 Å². The number of likely N-dealkylation sites (tertiary alicyclic amines) is 1. The lowest BCUT2D eigenvalue weighted by Crippen LogP contribution is -2.43. The molecule has 3 amide bonds. The van der Waals surface area contributed by atoms with Crippen molar-refractivity contribution in [3.05, 3.63) is 48.4 Å². The zero-order valence-electron chi connectivity index (χ0n) is 13.8. The lowest BCUT2D eigenvalue weighted by molar-refractivity contribution is -0.119. The molecule has 130 valence electrons. The van der Waals surface area contributed by atoms with Crippen LogP contribution in [0.2, 0.25) is 0 Å². The highest BCUT2D eigenvalue weighted by Crippen LogP contribution is 2.22. The molecule has 1 aliphatic rings. The molecule has 3 rings (SSSR count). The van der Waals surface area contributed by atoms with Crippen LogP contribution in [-0.4, -0.2) is 35.2 Å². The SMILES string of the molecule is CC(=O)Nc1ccc(NC(=O)[C@H]2CCCN2C(=O)c2ccco2)cc1. The minimum Gasteiger partial charge on any atom is -0.459 e. The van der Waals surface area contributed by atoms with Gasteiger partial charge in [0, 0.05) is 24.8 Å². The van der Waals surface area contributed by atoms with Crippen LogP contribution in [0, 0.1) is 0 Å². The van der Waals surface area contributed by atoms with Crippen molar-refractivity contribution >= 4 is 29.1 Å². The first-order valence-corrected chi connectivity index (χ1v) is 8.07. The number of carbonyl (C=O) groups is 3. The maximum absolute atomic E-state index is 12.6. The fraction of sp³-hybridized carbons (Fsp3) is 0.278. The van der Waals surface area contributed by atoms with Crippen LogP contribution in [-0.2, 0) is 9.59 Å². The maximum Gasteiger partial charge on any atom is 0.290 e. The molecule has 1 saturated heterocycles. The highest BCUT2D eigenvalue weighted by Gasteiger charge is 2.35. The van der Waals surface area contributed by atoms with E-state index in [-0.39, 0.29) is 23.5 Å². The number of furan rings is 1. The van der Waals surface area contributed by atoms with Crippen molar-refractivity contribution in [2.45, 2.75) is 25.8 Å². The van der Waals surface area contributed by atoms with Gasteiger partial charge in [0.05, 0.1) is 6.26 Å². The second-order valence-electron chi connectivity index (χ2n) is 5.88. The Hall–Kier alpha value is -3.09. The van der Waals surface area contributed by atoms with Crippen molar-refractivity contribution in [3.8, 4) is 0 Å². The first kappa shape index (κ1) is 16.8. The predicted octanol–water partition coefficient (Wildman–Crippen LogP) is 2.48. The molecular weight excluding hydrogens is 322 g/mol. The average molecular weight is 341 g/mol. The number of hydrogen-bond donors (Lipinski definition) is 2. The van der Waals surface area contributed by atoms with E-state index >= 15 is 0 Å². The van der Waals surface area contributed by atoms with Gasteiger partial charge in [-0.15, -0.1) is 0 Å². The number of nitrogens with zero attached hydrogens (tertiary/aromatic N) is 1. The van der Waals surface area contributed by atoms with E-state index < -0.39 is 6.04 Å². The Morgan fingerprint density at radius 2 is 1.76 bits per heavy atom. The summed E-state index contributed by atoms with van der Waals surface area (Å²) in [5.41, 5.74) is 1.26. The van der Waals surface area contributed by atoms with E-state index in [4.69, 9.17) is 4.42 Å². The van der Waals surface area contributed by atoms with E-state index in [1.165, 1.54) is 13.2 Å². The molecule has 7 heteroatoms. The monoisotopic (exact) mass is 341 g/mol. The lowest BCUT2D eigenvalue weighted by atomic mass is 10.2. The smallest absolute Gasteiger partial charge is 0.290 e. The number of carbonyl (C=O) groups excluding carboxylic acids is 3. The molecule has 25 heavy (non-hydrogen) atoms. The molecule has 0 saturated carbocycles. The number of hydrogen-bond acceptors (Lipinski definition) is 4. The minimum absolute atomic E-state index is 0.158. The van der Waals surface area contributed by atoms with Crippen molar-refractivity contribution in [2.24, 2.45) is 0 Å². The van der Waals surface area contributed by atoms with Gasteiger partial charge in [-0.05, 0) is 49.2 Å². The molecule has 7 nitrogen and oxygen atoms in total. The molecule has 0 aliphatic carbocycles. The van der Waals surface area contributed by atoms with Crippen molar-refractivity contribution in [1.29, 1.82) is 0 Å². The van der Waals surface area contributed by atoms with Crippen molar-refractivity contribution in [2.75, 3.05) is 17.2 Å². The van der Waals surface area contributed by atoms with Gasteiger partial charge in [-0.1, -0.05) is 0 Å². The van der Waals surface area contributed by atoms with E-state index in [1.54, 1.807) is 41.3 Å². The number of nitrogens with one attached hydrogen (secondary N) is 2. The fourth-order valence-electron chi connectivity index (χ4n) is 2.89. The summed E-state index contributed by atoms with van der Waals surface area (Å²) in [4.78, 5) is 37.6. The van der Waals surface area contributed by atoms with Gasteiger partial charge in [0.25, 0.3) is 5.91 Å². The Morgan fingerprint density at radius 3 is 2.36 bits per heavy atom. The molecule has 1 atom stereocenters. The van der Waals surface area contributed by atoms with Gasteiger partial charge in [-0.25, -0.2) is 0 Å². The summed E-state index contributed by atoms with van der Waals surface area (Å²) >= 11 is 0. The molecule has 1 aromatic heterocycles. The van der Waals surface area contributed by atoms with Crippen LogP contribution >= 0.6 is 0 Å². The molecule has 2 aromatic rings. The Morgan fingerprint density at radius 1 is 1.08 bits per heavy atom. The molecule has 1 aromatic carbocycles. The van der Waals surface area contributed by atoms with Gasteiger partial charge in [-0.2, -0.15) is 0 Å². The van der Waals surface area contributed by atoms with Crippen molar-refractivity contribution in [1.82, 2.24) is 4.90 Å². The number of rotatable bonds is 4. The topological polar surface area (TPSA) is 91.7 Å². The zero-order chi connectivity index (χ0) is 17.8. The summed E-state index contributed by atoms with van der Waals surface area (Å²) in [7, 11) is 0. The van der Waals surface area contributed by atoms with E-state index in [2.05, 4.69) is 10.6 Å². The molecule has 0 unspecified atom stereocenters. The van der Waals surface area contributed by atoms with Gasteiger partial charge < -0.3 is 20.0 Å².